The quantitative estimate of drug-likeness (QED) is 0.420. The number of hydrogen-bond donors (Lipinski definition) is 2. The predicted octanol–water partition coefficient (Wildman–Crippen LogP) is 4.21. The number of azo groups is 1. The van der Waals surface area contributed by atoms with E-state index in [-0.39, 0.29) is 17.1 Å². The van der Waals surface area contributed by atoms with Crippen molar-refractivity contribution in [3.63, 3.8) is 0 Å². The van der Waals surface area contributed by atoms with E-state index in [2.05, 4.69) is 15.2 Å². The van der Waals surface area contributed by atoms with Gasteiger partial charge in [-0.15, -0.1) is 5.11 Å². The second-order valence-corrected chi connectivity index (χ2v) is 5.25. The molecule has 0 saturated heterocycles. The van der Waals surface area contributed by atoms with Crippen LogP contribution in [0.1, 0.15) is 0 Å². The zero-order chi connectivity index (χ0) is 17.3. The Morgan fingerprint density at radius 1 is 1.12 bits per heavy atom. The highest BCUT2D eigenvalue weighted by molar-refractivity contribution is 6.31. The molecule has 3 rings (SSSR count). The lowest BCUT2D eigenvalue weighted by atomic mass is 10.2. The SMILES string of the molecule is O=c1[nH]c2cc(Cl)ccc2c(O)c1N=Nc1ccc([N+](=O)[O-])cc1. The van der Waals surface area contributed by atoms with Gasteiger partial charge in [-0.05, 0) is 30.3 Å². The summed E-state index contributed by atoms with van der Waals surface area (Å²) in [4.78, 5) is 24.6. The molecule has 0 aliphatic heterocycles. The molecule has 1 heterocycles. The minimum atomic E-state index is -0.632. The van der Waals surface area contributed by atoms with Crippen molar-refractivity contribution in [3.05, 3.63) is 68.0 Å². The van der Waals surface area contributed by atoms with Gasteiger partial charge in [-0.3, -0.25) is 14.9 Å². The Bertz CT molecular complexity index is 1030. The largest absolute Gasteiger partial charge is 0.505 e. The van der Waals surface area contributed by atoms with Crippen LogP contribution in [0.15, 0.2) is 57.5 Å². The van der Waals surface area contributed by atoms with Crippen LogP contribution >= 0.6 is 11.6 Å². The third-order valence-corrected chi connectivity index (χ3v) is 3.49. The molecule has 3 aromatic rings. The van der Waals surface area contributed by atoms with Gasteiger partial charge in [0.1, 0.15) is 0 Å². The Morgan fingerprint density at radius 3 is 2.50 bits per heavy atom. The minimum absolute atomic E-state index is 0.0859. The molecule has 0 spiro atoms. The van der Waals surface area contributed by atoms with E-state index in [9.17, 15) is 20.0 Å². The van der Waals surface area contributed by atoms with Crippen LogP contribution in [0.3, 0.4) is 0 Å². The van der Waals surface area contributed by atoms with Crippen molar-refractivity contribution in [3.8, 4) is 5.75 Å². The summed E-state index contributed by atoms with van der Waals surface area (Å²) in [5.74, 6) is -0.323. The lowest BCUT2D eigenvalue weighted by molar-refractivity contribution is -0.384. The van der Waals surface area contributed by atoms with Crippen molar-refractivity contribution in [1.29, 1.82) is 0 Å². The summed E-state index contributed by atoms with van der Waals surface area (Å²) in [7, 11) is 0. The minimum Gasteiger partial charge on any atom is -0.505 e. The normalized spacial score (nSPS) is 11.2. The highest BCUT2D eigenvalue weighted by atomic mass is 35.5. The number of fused-ring (bicyclic) bond motifs is 1. The molecule has 8 nitrogen and oxygen atoms in total. The van der Waals surface area contributed by atoms with Gasteiger partial charge in [0.05, 0.1) is 16.1 Å². The van der Waals surface area contributed by atoms with Crippen LogP contribution in [0.5, 0.6) is 5.75 Å². The number of nitro benzene ring substituents is 1. The number of non-ortho nitro benzene ring substituents is 1. The number of nitro groups is 1. The van der Waals surface area contributed by atoms with Crippen LogP contribution in [0.2, 0.25) is 5.02 Å². The van der Waals surface area contributed by atoms with E-state index in [1.165, 1.54) is 30.3 Å². The molecule has 0 unspecified atom stereocenters. The van der Waals surface area contributed by atoms with Gasteiger partial charge in [0.25, 0.3) is 11.2 Å². The van der Waals surface area contributed by atoms with Gasteiger partial charge in [-0.1, -0.05) is 11.6 Å². The Hall–Kier alpha value is -3.26. The van der Waals surface area contributed by atoms with Gasteiger partial charge in [0.15, 0.2) is 11.4 Å². The smallest absolute Gasteiger partial charge is 0.280 e. The maximum Gasteiger partial charge on any atom is 0.280 e. The fraction of sp³-hybridized carbons (Fsp3) is 0. The van der Waals surface area contributed by atoms with E-state index in [0.717, 1.165) is 0 Å². The number of benzene rings is 2. The summed E-state index contributed by atoms with van der Waals surface area (Å²) >= 11 is 5.85. The van der Waals surface area contributed by atoms with E-state index in [0.29, 0.717) is 21.6 Å². The molecule has 24 heavy (non-hydrogen) atoms. The second kappa shape index (κ2) is 6.09. The van der Waals surface area contributed by atoms with Crippen LogP contribution in [0, 0.1) is 10.1 Å². The van der Waals surface area contributed by atoms with Crippen molar-refractivity contribution < 1.29 is 10.0 Å². The number of pyridine rings is 1. The number of aromatic amines is 1. The Labute approximate surface area is 139 Å². The van der Waals surface area contributed by atoms with E-state index < -0.39 is 10.5 Å². The first-order valence-corrected chi connectivity index (χ1v) is 7.04. The van der Waals surface area contributed by atoms with Crippen molar-refractivity contribution in [1.82, 2.24) is 4.98 Å². The van der Waals surface area contributed by atoms with E-state index in [1.807, 2.05) is 0 Å². The zero-order valence-electron chi connectivity index (χ0n) is 11.9. The maximum atomic E-state index is 12.0. The summed E-state index contributed by atoms with van der Waals surface area (Å²) in [6, 6.07) is 9.92. The molecular weight excluding hydrogens is 336 g/mol. The molecule has 0 amide bonds. The lowest BCUT2D eigenvalue weighted by Crippen LogP contribution is -2.05. The zero-order valence-corrected chi connectivity index (χ0v) is 12.7. The molecule has 0 bridgehead atoms. The maximum absolute atomic E-state index is 12.0. The first-order chi connectivity index (χ1) is 11.5. The number of aromatic hydroxyl groups is 1. The van der Waals surface area contributed by atoms with Crippen LogP contribution in [-0.2, 0) is 0 Å². The van der Waals surface area contributed by atoms with Crippen LogP contribution in [0.4, 0.5) is 17.1 Å². The molecule has 2 N–H and O–H groups in total. The van der Waals surface area contributed by atoms with Crippen LogP contribution in [0.25, 0.3) is 10.9 Å². The van der Waals surface area contributed by atoms with Gasteiger partial charge < -0.3 is 10.1 Å². The standard InChI is InChI=1S/C15H9ClN4O4/c16-8-1-6-11-12(7-8)17-15(22)13(14(11)21)19-18-9-2-4-10(5-3-9)20(23)24/h1-7H,(H2,17,21,22). The van der Waals surface area contributed by atoms with Gasteiger partial charge in [0.2, 0.25) is 0 Å². The second-order valence-electron chi connectivity index (χ2n) is 4.81. The van der Waals surface area contributed by atoms with Gasteiger partial charge >= 0.3 is 0 Å². The average Bonchev–Trinajstić information content (AvgIpc) is 2.54. The molecule has 0 aliphatic carbocycles. The lowest BCUT2D eigenvalue weighted by Gasteiger charge is -2.03. The summed E-state index contributed by atoms with van der Waals surface area (Å²) in [6.45, 7) is 0. The molecule has 120 valence electrons. The first-order valence-electron chi connectivity index (χ1n) is 6.66. The Balaban J connectivity index is 2.01. The molecule has 0 atom stereocenters. The average molecular weight is 345 g/mol. The van der Waals surface area contributed by atoms with Crippen LogP contribution in [-0.4, -0.2) is 15.0 Å². The third kappa shape index (κ3) is 2.95. The molecular formula is C15H9ClN4O4. The Morgan fingerprint density at radius 2 is 1.83 bits per heavy atom. The van der Waals surface area contributed by atoms with Crippen molar-refractivity contribution in [2.75, 3.05) is 0 Å². The summed E-state index contributed by atoms with van der Waals surface area (Å²) in [5.41, 5.74) is -0.303. The summed E-state index contributed by atoms with van der Waals surface area (Å²) in [6.07, 6.45) is 0. The topological polar surface area (TPSA) is 121 Å². The molecule has 0 saturated carbocycles. The number of nitrogens with one attached hydrogen (secondary N) is 1. The van der Waals surface area contributed by atoms with Crippen LogP contribution < -0.4 is 5.56 Å². The number of aromatic nitrogens is 1. The molecule has 1 aromatic heterocycles. The Kier molecular flexibility index (Phi) is 3.97. The molecule has 0 radical (unpaired) electrons. The number of hydrogen-bond acceptors (Lipinski definition) is 6. The number of halogens is 1. The number of H-pyrrole nitrogens is 1. The van der Waals surface area contributed by atoms with Crippen molar-refractivity contribution in [2.45, 2.75) is 0 Å². The van der Waals surface area contributed by atoms with Gasteiger partial charge in [0, 0.05) is 22.5 Å². The molecule has 0 aliphatic rings. The summed E-state index contributed by atoms with van der Waals surface area (Å²) in [5, 5.41) is 29.2. The molecule has 9 heteroatoms. The predicted molar refractivity (Wildman–Crippen MR) is 88.5 cm³/mol. The van der Waals surface area contributed by atoms with E-state index in [1.54, 1.807) is 12.1 Å². The molecule has 2 aromatic carbocycles. The number of nitrogens with zero attached hydrogens (tertiary/aromatic N) is 3. The van der Waals surface area contributed by atoms with Gasteiger partial charge in [-0.25, -0.2) is 0 Å². The van der Waals surface area contributed by atoms with Crippen molar-refractivity contribution >= 4 is 39.6 Å². The third-order valence-electron chi connectivity index (χ3n) is 3.25. The number of rotatable bonds is 3. The monoisotopic (exact) mass is 344 g/mol. The fourth-order valence-corrected chi connectivity index (χ4v) is 2.26. The van der Waals surface area contributed by atoms with E-state index in [4.69, 9.17) is 11.6 Å². The van der Waals surface area contributed by atoms with Crippen molar-refractivity contribution in [2.24, 2.45) is 10.2 Å². The fourth-order valence-electron chi connectivity index (χ4n) is 2.08. The highest BCUT2D eigenvalue weighted by Crippen LogP contribution is 2.32. The highest BCUT2D eigenvalue weighted by Gasteiger charge is 2.12. The molecule has 0 fully saturated rings. The summed E-state index contributed by atoms with van der Waals surface area (Å²) < 4.78 is 0. The van der Waals surface area contributed by atoms with E-state index >= 15 is 0 Å². The first kappa shape index (κ1) is 15.6. The van der Waals surface area contributed by atoms with Gasteiger partial charge in [-0.2, -0.15) is 5.11 Å².